The highest BCUT2D eigenvalue weighted by Crippen LogP contribution is 2.11. The van der Waals surface area contributed by atoms with Crippen LogP contribution in [0.3, 0.4) is 0 Å². The topological polar surface area (TPSA) is 67.4 Å². The van der Waals surface area contributed by atoms with Crippen LogP contribution in [0.15, 0.2) is 48.5 Å². The van der Waals surface area contributed by atoms with E-state index in [9.17, 15) is 14.0 Å². The Morgan fingerprint density at radius 3 is 2.46 bits per heavy atom. The van der Waals surface area contributed by atoms with Gasteiger partial charge in [-0.1, -0.05) is 31.2 Å². The molecule has 0 aliphatic heterocycles. The summed E-state index contributed by atoms with van der Waals surface area (Å²) in [6.45, 7) is 2.02. The van der Waals surface area contributed by atoms with Crippen molar-refractivity contribution in [3.8, 4) is 5.75 Å². The number of halogens is 1. The van der Waals surface area contributed by atoms with Gasteiger partial charge in [-0.3, -0.25) is 9.59 Å². The fourth-order valence-corrected chi connectivity index (χ4v) is 2.46. The van der Waals surface area contributed by atoms with Crippen LogP contribution in [0.25, 0.3) is 0 Å². The third kappa shape index (κ3) is 6.20. The van der Waals surface area contributed by atoms with Gasteiger partial charge in [0.2, 0.25) is 11.8 Å². The molecule has 2 N–H and O–H groups in total. The van der Waals surface area contributed by atoms with E-state index in [1.54, 1.807) is 26.2 Å². The largest absolute Gasteiger partial charge is 0.497 e. The van der Waals surface area contributed by atoms with E-state index in [1.165, 1.54) is 12.1 Å². The fraction of sp³-hybridized carbons (Fsp3) is 0.300. The molecule has 0 radical (unpaired) electrons. The first-order valence-electron chi connectivity index (χ1n) is 8.39. The van der Waals surface area contributed by atoms with Crippen LogP contribution >= 0.6 is 0 Å². The Balaban J connectivity index is 1.72. The minimum atomic E-state index is -0.355. The molecule has 0 spiro atoms. The Bertz CT molecular complexity index is 747. The van der Waals surface area contributed by atoms with Crippen molar-refractivity contribution >= 4 is 11.8 Å². The van der Waals surface area contributed by atoms with Crippen molar-refractivity contribution in [2.45, 2.75) is 19.9 Å². The number of nitrogens with one attached hydrogen (secondary N) is 2. The number of amides is 2. The molecule has 0 saturated heterocycles. The highest BCUT2D eigenvalue weighted by molar-refractivity contribution is 5.85. The molecule has 6 heteroatoms. The van der Waals surface area contributed by atoms with Crippen molar-refractivity contribution in [1.29, 1.82) is 0 Å². The summed E-state index contributed by atoms with van der Waals surface area (Å²) in [5.41, 5.74) is 1.68. The lowest BCUT2D eigenvalue weighted by Gasteiger charge is -2.12. The minimum absolute atomic E-state index is 0.0948. The zero-order chi connectivity index (χ0) is 18.9. The zero-order valence-corrected chi connectivity index (χ0v) is 14.9. The van der Waals surface area contributed by atoms with Gasteiger partial charge in [-0.05, 0) is 41.8 Å². The first-order chi connectivity index (χ1) is 12.5. The molecule has 0 heterocycles. The van der Waals surface area contributed by atoms with Gasteiger partial charge in [-0.25, -0.2) is 4.39 Å². The standard InChI is InChI=1S/C20H23FN2O3/c1-14(10-16-4-3-5-17(21)11-16)20(25)23-13-19(24)22-12-15-6-8-18(26-2)9-7-15/h3-9,11,14H,10,12-13H2,1-2H3,(H,22,24)(H,23,25). The molecule has 138 valence electrons. The first kappa shape index (κ1) is 19.4. The first-order valence-corrected chi connectivity index (χ1v) is 8.39. The van der Waals surface area contributed by atoms with Gasteiger partial charge in [-0.15, -0.1) is 0 Å². The molecule has 5 nitrogen and oxygen atoms in total. The predicted octanol–water partition coefficient (Wildman–Crippen LogP) is 2.45. The van der Waals surface area contributed by atoms with E-state index in [1.807, 2.05) is 24.3 Å². The maximum atomic E-state index is 13.2. The summed E-state index contributed by atoms with van der Waals surface area (Å²) >= 11 is 0. The van der Waals surface area contributed by atoms with Crippen molar-refractivity contribution in [2.75, 3.05) is 13.7 Å². The Labute approximate surface area is 152 Å². The van der Waals surface area contributed by atoms with Crippen LogP contribution in [0.5, 0.6) is 5.75 Å². The Morgan fingerprint density at radius 1 is 1.08 bits per heavy atom. The van der Waals surface area contributed by atoms with Gasteiger partial charge < -0.3 is 15.4 Å². The smallest absolute Gasteiger partial charge is 0.239 e. The number of hydrogen-bond acceptors (Lipinski definition) is 3. The van der Waals surface area contributed by atoms with Crippen LogP contribution in [0.2, 0.25) is 0 Å². The lowest BCUT2D eigenvalue weighted by Crippen LogP contribution is -2.39. The maximum absolute atomic E-state index is 13.2. The van der Waals surface area contributed by atoms with Crippen LogP contribution < -0.4 is 15.4 Å². The van der Waals surface area contributed by atoms with Crippen LogP contribution in [-0.2, 0) is 22.6 Å². The second kappa shape index (κ2) is 9.56. The summed E-state index contributed by atoms with van der Waals surface area (Å²) in [6, 6.07) is 13.5. The SMILES string of the molecule is COc1ccc(CNC(=O)CNC(=O)C(C)Cc2cccc(F)c2)cc1. The molecule has 0 aromatic heterocycles. The average molecular weight is 358 g/mol. The van der Waals surface area contributed by atoms with Gasteiger partial charge in [0, 0.05) is 12.5 Å². The van der Waals surface area contributed by atoms with E-state index < -0.39 is 0 Å². The molecule has 26 heavy (non-hydrogen) atoms. The summed E-state index contributed by atoms with van der Waals surface area (Å²) in [4.78, 5) is 24.0. The van der Waals surface area contributed by atoms with Crippen LogP contribution in [0.1, 0.15) is 18.1 Å². The Kier molecular flexibility index (Phi) is 7.14. The predicted molar refractivity (Wildman–Crippen MR) is 97.1 cm³/mol. The summed E-state index contributed by atoms with van der Waals surface area (Å²) in [7, 11) is 1.59. The van der Waals surface area contributed by atoms with E-state index in [2.05, 4.69) is 10.6 Å². The molecule has 0 saturated carbocycles. The fourth-order valence-electron chi connectivity index (χ4n) is 2.46. The molecule has 2 rings (SSSR count). The summed E-state index contributed by atoms with van der Waals surface area (Å²) in [6.07, 6.45) is 0.414. The number of methoxy groups -OCH3 is 1. The van der Waals surface area contributed by atoms with Gasteiger partial charge in [0.25, 0.3) is 0 Å². The minimum Gasteiger partial charge on any atom is -0.497 e. The number of benzene rings is 2. The van der Waals surface area contributed by atoms with Crippen molar-refractivity contribution < 1.29 is 18.7 Å². The van der Waals surface area contributed by atoms with E-state index in [4.69, 9.17) is 4.74 Å². The lowest BCUT2D eigenvalue weighted by molar-refractivity contribution is -0.128. The summed E-state index contributed by atoms with van der Waals surface area (Å²) in [5, 5.41) is 5.35. The van der Waals surface area contributed by atoms with Crippen molar-refractivity contribution in [3.05, 3.63) is 65.5 Å². The number of rotatable bonds is 8. The molecular weight excluding hydrogens is 335 g/mol. The molecule has 2 aromatic rings. The van der Waals surface area contributed by atoms with Gasteiger partial charge in [0.1, 0.15) is 11.6 Å². The van der Waals surface area contributed by atoms with Crippen molar-refractivity contribution in [1.82, 2.24) is 10.6 Å². The Morgan fingerprint density at radius 2 is 1.81 bits per heavy atom. The maximum Gasteiger partial charge on any atom is 0.239 e. The summed E-state index contributed by atoms with van der Waals surface area (Å²) < 4.78 is 18.3. The monoisotopic (exact) mass is 358 g/mol. The number of hydrogen-bond donors (Lipinski definition) is 2. The Hall–Kier alpha value is -2.89. The molecule has 2 aromatic carbocycles. The molecule has 0 aliphatic rings. The molecular formula is C20H23FN2O3. The summed E-state index contributed by atoms with van der Waals surface area (Å²) in [5.74, 6) is -0.445. The second-order valence-corrected chi connectivity index (χ2v) is 6.08. The van der Waals surface area contributed by atoms with Gasteiger partial charge in [0.05, 0.1) is 13.7 Å². The number of carbonyl (C=O) groups is 2. The number of carbonyl (C=O) groups excluding carboxylic acids is 2. The number of ether oxygens (including phenoxy) is 1. The van der Waals surface area contributed by atoms with E-state index in [0.29, 0.717) is 13.0 Å². The van der Waals surface area contributed by atoms with Crippen molar-refractivity contribution in [3.63, 3.8) is 0 Å². The van der Waals surface area contributed by atoms with Gasteiger partial charge in [-0.2, -0.15) is 0 Å². The molecule has 1 atom stereocenters. The van der Waals surface area contributed by atoms with Gasteiger partial charge in [0.15, 0.2) is 0 Å². The molecule has 1 unspecified atom stereocenters. The molecule has 0 aliphatic carbocycles. The van der Waals surface area contributed by atoms with Crippen LogP contribution in [-0.4, -0.2) is 25.5 Å². The highest BCUT2D eigenvalue weighted by atomic mass is 19.1. The third-order valence-corrected chi connectivity index (χ3v) is 3.95. The second-order valence-electron chi connectivity index (χ2n) is 6.08. The molecule has 0 bridgehead atoms. The normalized spacial score (nSPS) is 11.5. The van der Waals surface area contributed by atoms with Crippen molar-refractivity contribution in [2.24, 2.45) is 5.92 Å². The van der Waals surface area contributed by atoms with Gasteiger partial charge >= 0.3 is 0 Å². The van der Waals surface area contributed by atoms with E-state index in [-0.39, 0.29) is 30.1 Å². The van der Waals surface area contributed by atoms with E-state index in [0.717, 1.165) is 16.9 Å². The lowest BCUT2D eigenvalue weighted by atomic mass is 10.0. The average Bonchev–Trinajstić information content (AvgIpc) is 2.64. The highest BCUT2D eigenvalue weighted by Gasteiger charge is 2.14. The van der Waals surface area contributed by atoms with Crippen LogP contribution in [0.4, 0.5) is 4.39 Å². The zero-order valence-electron chi connectivity index (χ0n) is 14.9. The van der Waals surface area contributed by atoms with Crippen LogP contribution in [0, 0.1) is 11.7 Å². The quantitative estimate of drug-likeness (QED) is 0.762. The van der Waals surface area contributed by atoms with E-state index >= 15 is 0 Å². The third-order valence-electron chi connectivity index (χ3n) is 3.95. The molecule has 2 amide bonds. The molecule has 0 fully saturated rings.